The Hall–Kier alpha value is -2.41. The molecule has 1 unspecified atom stereocenters. The van der Waals surface area contributed by atoms with Gasteiger partial charge in [-0.25, -0.2) is 4.79 Å². The van der Waals surface area contributed by atoms with Gasteiger partial charge >= 0.3 is 5.97 Å². The number of anilines is 2. The van der Waals surface area contributed by atoms with E-state index in [2.05, 4.69) is 20.2 Å². The van der Waals surface area contributed by atoms with Crippen molar-refractivity contribution in [2.24, 2.45) is 0 Å². The highest BCUT2D eigenvalue weighted by atomic mass is 35.5. The van der Waals surface area contributed by atoms with Crippen molar-refractivity contribution in [3.05, 3.63) is 41.2 Å². The normalized spacial score (nSPS) is 18.3. The summed E-state index contributed by atoms with van der Waals surface area (Å²) in [6.45, 7) is 2.12. The van der Waals surface area contributed by atoms with Crippen molar-refractivity contribution >= 4 is 29.5 Å². The van der Waals surface area contributed by atoms with Gasteiger partial charge in [0.05, 0.1) is 6.61 Å². The Morgan fingerprint density at radius 2 is 1.62 bits per heavy atom. The number of halogens is 1. The Morgan fingerprint density at radius 3 is 2.21 bits per heavy atom. The molecule has 0 radical (unpaired) electrons. The van der Waals surface area contributed by atoms with E-state index in [0.29, 0.717) is 37.0 Å². The molecular weight excluding hydrogens is 450 g/mol. The van der Waals surface area contributed by atoms with E-state index < -0.39 is 6.04 Å². The van der Waals surface area contributed by atoms with Crippen molar-refractivity contribution in [1.82, 2.24) is 15.0 Å². The average Bonchev–Trinajstić information content (AvgIpc) is 2.86. The zero-order valence-electron chi connectivity index (χ0n) is 20.1. The molecule has 2 aliphatic carbocycles. The molecule has 0 aliphatic heterocycles. The van der Waals surface area contributed by atoms with Crippen molar-refractivity contribution in [1.29, 1.82) is 0 Å². The first-order chi connectivity index (χ1) is 16.6. The number of esters is 1. The van der Waals surface area contributed by atoms with E-state index in [9.17, 15) is 4.79 Å². The Labute approximate surface area is 207 Å². The molecule has 0 amide bonds. The lowest BCUT2D eigenvalue weighted by Gasteiger charge is -2.41. The van der Waals surface area contributed by atoms with Crippen LogP contribution in [0.2, 0.25) is 5.28 Å². The molecule has 7 nitrogen and oxygen atoms in total. The fraction of sp³-hybridized carbons (Fsp3) is 0.615. The molecule has 4 rings (SSSR count). The minimum Gasteiger partial charge on any atom is -0.464 e. The molecule has 0 bridgehead atoms. The van der Waals surface area contributed by atoms with Crippen LogP contribution < -0.4 is 10.2 Å². The van der Waals surface area contributed by atoms with Gasteiger partial charge in [0.25, 0.3) is 0 Å². The van der Waals surface area contributed by atoms with Gasteiger partial charge in [-0.2, -0.15) is 15.0 Å². The van der Waals surface area contributed by atoms with Crippen LogP contribution in [-0.2, 0) is 16.0 Å². The molecule has 2 saturated carbocycles. The molecule has 0 spiro atoms. The number of carbonyl (C=O) groups excluding carboxylic acids is 1. The Balaban J connectivity index is 1.60. The van der Waals surface area contributed by atoms with Crippen LogP contribution in [-0.4, -0.2) is 45.7 Å². The number of nitrogens with one attached hydrogen (secondary N) is 1. The largest absolute Gasteiger partial charge is 0.464 e. The second kappa shape index (κ2) is 12.3. The fourth-order valence-corrected chi connectivity index (χ4v) is 5.46. The third-order valence-corrected chi connectivity index (χ3v) is 7.09. The summed E-state index contributed by atoms with van der Waals surface area (Å²) >= 11 is 6.41. The predicted octanol–water partition coefficient (Wildman–Crippen LogP) is 5.58. The lowest BCUT2D eigenvalue weighted by molar-refractivity contribution is -0.144. The molecule has 1 aromatic heterocycles. The lowest BCUT2D eigenvalue weighted by Crippen LogP contribution is -2.46. The third kappa shape index (κ3) is 6.59. The number of aromatic nitrogens is 3. The van der Waals surface area contributed by atoms with Gasteiger partial charge in [-0.15, -0.1) is 0 Å². The number of rotatable bonds is 9. The summed E-state index contributed by atoms with van der Waals surface area (Å²) in [5.74, 6) is 0.616. The zero-order valence-corrected chi connectivity index (χ0v) is 20.8. The summed E-state index contributed by atoms with van der Waals surface area (Å²) in [6, 6.07) is 10.1. The zero-order chi connectivity index (χ0) is 23.8. The summed E-state index contributed by atoms with van der Waals surface area (Å²) in [6.07, 6.45) is 12.6. The fourth-order valence-electron chi connectivity index (χ4n) is 5.30. The Morgan fingerprint density at radius 1 is 1.00 bits per heavy atom. The summed E-state index contributed by atoms with van der Waals surface area (Å²) in [4.78, 5) is 28.9. The van der Waals surface area contributed by atoms with Crippen LogP contribution in [0.1, 0.15) is 76.7 Å². The minimum atomic E-state index is -0.619. The van der Waals surface area contributed by atoms with Crippen LogP contribution in [0.5, 0.6) is 0 Å². The maximum atomic E-state index is 12.8. The van der Waals surface area contributed by atoms with Crippen molar-refractivity contribution in [3.8, 4) is 0 Å². The number of carbonyl (C=O) groups is 1. The molecule has 1 atom stereocenters. The highest BCUT2D eigenvalue weighted by Gasteiger charge is 2.32. The number of benzene rings is 1. The molecule has 1 N–H and O–H groups in total. The second-order valence-corrected chi connectivity index (χ2v) is 9.70. The van der Waals surface area contributed by atoms with Gasteiger partial charge in [-0.3, -0.25) is 0 Å². The van der Waals surface area contributed by atoms with Gasteiger partial charge in [-0.1, -0.05) is 68.9 Å². The first kappa shape index (κ1) is 24.7. The predicted molar refractivity (Wildman–Crippen MR) is 135 cm³/mol. The van der Waals surface area contributed by atoms with Crippen LogP contribution in [0.4, 0.5) is 11.9 Å². The minimum absolute atomic E-state index is 0.145. The van der Waals surface area contributed by atoms with Gasteiger partial charge in [0.15, 0.2) is 0 Å². The smallest absolute Gasteiger partial charge is 0.328 e. The van der Waals surface area contributed by atoms with E-state index in [0.717, 1.165) is 31.2 Å². The molecule has 34 heavy (non-hydrogen) atoms. The van der Waals surface area contributed by atoms with E-state index in [4.69, 9.17) is 21.3 Å². The third-order valence-electron chi connectivity index (χ3n) is 6.92. The molecular formula is C26H36ClN5O2. The molecule has 2 fully saturated rings. The van der Waals surface area contributed by atoms with Gasteiger partial charge in [0.1, 0.15) is 6.04 Å². The highest BCUT2D eigenvalue weighted by molar-refractivity contribution is 6.28. The quantitative estimate of drug-likeness (QED) is 0.464. The summed E-state index contributed by atoms with van der Waals surface area (Å²) in [7, 11) is 0. The number of hydrogen-bond donors (Lipinski definition) is 1. The molecule has 8 heteroatoms. The van der Waals surface area contributed by atoms with E-state index >= 15 is 0 Å². The highest BCUT2D eigenvalue weighted by Crippen LogP contribution is 2.33. The van der Waals surface area contributed by atoms with Crippen LogP contribution in [0.25, 0.3) is 0 Å². The van der Waals surface area contributed by atoms with E-state index in [1.165, 1.54) is 38.5 Å². The molecule has 184 valence electrons. The first-order valence-corrected chi connectivity index (χ1v) is 13.2. The standard InChI is InChI=1S/C26H36ClN5O2/c1-2-34-23(33)22(18-19-12-6-3-7-13-19)28-25-29-24(27)30-26(31-25)32(20-14-8-4-9-15-20)21-16-10-5-11-17-21/h3,6-7,12-13,20-22H,2,4-5,8-11,14-18H2,1H3,(H,28,29,30,31). The summed E-state index contributed by atoms with van der Waals surface area (Å²) in [5, 5.41) is 3.35. The van der Waals surface area contributed by atoms with Crippen LogP contribution in [0.3, 0.4) is 0 Å². The lowest BCUT2D eigenvalue weighted by atomic mass is 9.89. The van der Waals surface area contributed by atoms with Gasteiger partial charge in [-0.05, 0) is 49.8 Å². The molecule has 2 aliphatic rings. The van der Waals surface area contributed by atoms with Crippen LogP contribution >= 0.6 is 11.6 Å². The van der Waals surface area contributed by atoms with Crippen molar-refractivity contribution in [2.45, 2.75) is 95.7 Å². The summed E-state index contributed by atoms with van der Waals surface area (Å²) < 4.78 is 5.33. The molecule has 1 heterocycles. The number of nitrogens with zero attached hydrogens (tertiary/aromatic N) is 4. The van der Waals surface area contributed by atoms with Gasteiger partial charge < -0.3 is 15.0 Å². The van der Waals surface area contributed by atoms with Crippen LogP contribution in [0, 0.1) is 0 Å². The SMILES string of the molecule is CCOC(=O)C(Cc1ccccc1)Nc1nc(Cl)nc(N(C2CCCCC2)C2CCCCC2)n1. The van der Waals surface area contributed by atoms with E-state index in [1.807, 2.05) is 37.3 Å². The molecule has 0 saturated heterocycles. The average molecular weight is 486 g/mol. The maximum absolute atomic E-state index is 12.8. The number of hydrogen-bond acceptors (Lipinski definition) is 7. The Kier molecular flexibility index (Phi) is 8.97. The van der Waals surface area contributed by atoms with Crippen molar-refractivity contribution < 1.29 is 9.53 Å². The number of ether oxygens (including phenoxy) is 1. The molecule has 1 aromatic carbocycles. The first-order valence-electron chi connectivity index (χ1n) is 12.8. The topological polar surface area (TPSA) is 80.2 Å². The maximum Gasteiger partial charge on any atom is 0.328 e. The van der Waals surface area contributed by atoms with Crippen LogP contribution in [0.15, 0.2) is 30.3 Å². The van der Waals surface area contributed by atoms with Gasteiger partial charge in [0, 0.05) is 18.5 Å². The summed E-state index contributed by atoms with van der Waals surface area (Å²) in [5.41, 5.74) is 1.03. The Bertz CT molecular complexity index is 899. The van der Waals surface area contributed by atoms with Crippen molar-refractivity contribution in [2.75, 3.05) is 16.8 Å². The second-order valence-electron chi connectivity index (χ2n) is 9.36. The van der Waals surface area contributed by atoms with Crippen molar-refractivity contribution in [3.63, 3.8) is 0 Å². The monoisotopic (exact) mass is 485 g/mol. The molecule has 2 aromatic rings. The van der Waals surface area contributed by atoms with Gasteiger partial charge in [0.2, 0.25) is 17.2 Å². The van der Waals surface area contributed by atoms with E-state index in [1.54, 1.807) is 0 Å². The van der Waals surface area contributed by atoms with E-state index in [-0.39, 0.29) is 11.3 Å².